The first-order valence-corrected chi connectivity index (χ1v) is 5.96. The van der Waals surface area contributed by atoms with Gasteiger partial charge >= 0.3 is 0 Å². The minimum absolute atomic E-state index is 0.665. The van der Waals surface area contributed by atoms with Crippen LogP contribution >= 0.6 is 0 Å². The molecule has 0 spiro atoms. The molecule has 3 nitrogen and oxygen atoms in total. The van der Waals surface area contributed by atoms with Crippen LogP contribution in [0.1, 0.15) is 22.3 Å². The standard InChI is InChI=1S/C16H13N3/c1-12-8-16(7-6-15(12)10-18)19-11-14-4-2-13(9-17)3-5-14/h2-8,19H,11H2,1H3. The molecule has 0 radical (unpaired) electrons. The molecule has 0 amide bonds. The fourth-order valence-corrected chi connectivity index (χ4v) is 1.80. The average molecular weight is 247 g/mol. The van der Waals surface area contributed by atoms with E-state index in [1.54, 1.807) is 12.1 Å². The molecule has 0 heterocycles. The monoisotopic (exact) mass is 247 g/mol. The molecule has 0 aliphatic rings. The largest absolute Gasteiger partial charge is 0.381 e. The van der Waals surface area contributed by atoms with Crippen molar-refractivity contribution < 1.29 is 0 Å². The number of aryl methyl sites for hydroxylation is 1. The topological polar surface area (TPSA) is 59.6 Å². The summed E-state index contributed by atoms with van der Waals surface area (Å²) in [6.45, 7) is 2.61. The fraction of sp³-hybridized carbons (Fsp3) is 0.125. The summed E-state index contributed by atoms with van der Waals surface area (Å²) < 4.78 is 0. The Kier molecular flexibility index (Phi) is 3.81. The number of benzene rings is 2. The van der Waals surface area contributed by atoms with Crippen molar-refractivity contribution in [1.82, 2.24) is 0 Å². The summed E-state index contributed by atoms with van der Waals surface area (Å²) >= 11 is 0. The van der Waals surface area contributed by atoms with Crippen LogP contribution in [0.3, 0.4) is 0 Å². The highest BCUT2D eigenvalue weighted by molar-refractivity contribution is 5.51. The van der Waals surface area contributed by atoms with Gasteiger partial charge in [0, 0.05) is 12.2 Å². The summed E-state index contributed by atoms with van der Waals surface area (Å²) in [4.78, 5) is 0. The molecule has 0 fully saturated rings. The van der Waals surface area contributed by atoms with E-state index < -0.39 is 0 Å². The van der Waals surface area contributed by atoms with Gasteiger partial charge in [-0.15, -0.1) is 0 Å². The lowest BCUT2D eigenvalue weighted by atomic mass is 10.1. The first-order valence-electron chi connectivity index (χ1n) is 5.96. The number of hydrogen-bond acceptors (Lipinski definition) is 3. The Morgan fingerprint density at radius 3 is 2.32 bits per heavy atom. The molecule has 0 saturated heterocycles. The molecule has 2 rings (SSSR count). The maximum atomic E-state index is 8.87. The third-order valence-corrected chi connectivity index (χ3v) is 2.93. The van der Waals surface area contributed by atoms with E-state index in [1.165, 1.54) is 0 Å². The lowest BCUT2D eigenvalue weighted by Gasteiger charge is -2.08. The van der Waals surface area contributed by atoms with E-state index in [1.807, 2.05) is 37.3 Å². The minimum atomic E-state index is 0.665. The summed E-state index contributed by atoms with van der Waals surface area (Å²) in [7, 11) is 0. The van der Waals surface area contributed by atoms with Crippen LogP contribution in [-0.2, 0) is 6.54 Å². The highest BCUT2D eigenvalue weighted by Gasteiger charge is 1.99. The van der Waals surface area contributed by atoms with Crippen LogP contribution in [0.15, 0.2) is 42.5 Å². The third kappa shape index (κ3) is 3.12. The molecule has 0 saturated carbocycles. The molecule has 0 aliphatic carbocycles. The molecule has 92 valence electrons. The molecule has 0 aromatic heterocycles. The van der Waals surface area contributed by atoms with Gasteiger partial charge in [0.05, 0.1) is 23.3 Å². The van der Waals surface area contributed by atoms with E-state index in [-0.39, 0.29) is 0 Å². The molecule has 2 aromatic rings. The van der Waals surface area contributed by atoms with Crippen molar-refractivity contribution in [2.45, 2.75) is 13.5 Å². The van der Waals surface area contributed by atoms with Crippen LogP contribution < -0.4 is 5.32 Å². The van der Waals surface area contributed by atoms with Crippen molar-refractivity contribution in [2.75, 3.05) is 5.32 Å². The SMILES string of the molecule is Cc1cc(NCc2ccc(C#N)cc2)ccc1C#N. The zero-order valence-electron chi connectivity index (χ0n) is 10.6. The zero-order valence-corrected chi connectivity index (χ0v) is 10.6. The highest BCUT2D eigenvalue weighted by atomic mass is 14.9. The van der Waals surface area contributed by atoms with Crippen LogP contribution in [-0.4, -0.2) is 0 Å². The van der Waals surface area contributed by atoms with Gasteiger partial charge in [-0.3, -0.25) is 0 Å². The van der Waals surface area contributed by atoms with Crippen molar-refractivity contribution in [2.24, 2.45) is 0 Å². The van der Waals surface area contributed by atoms with Crippen LogP contribution in [0.4, 0.5) is 5.69 Å². The van der Waals surface area contributed by atoms with Crippen molar-refractivity contribution in [1.29, 1.82) is 10.5 Å². The van der Waals surface area contributed by atoms with Gasteiger partial charge in [-0.25, -0.2) is 0 Å². The van der Waals surface area contributed by atoms with Crippen molar-refractivity contribution in [3.05, 3.63) is 64.7 Å². The second kappa shape index (κ2) is 5.71. The van der Waals surface area contributed by atoms with Gasteiger partial charge in [-0.2, -0.15) is 10.5 Å². The van der Waals surface area contributed by atoms with Crippen molar-refractivity contribution >= 4 is 5.69 Å². The Labute approximate surface area is 112 Å². The Balaban J connectivity index is 2.04. The molecular weight excluding hydrogens is 234 g/mol. The molecule has 0 aliphatic heterocycles. The van der Waals surface area contributed by atoms with E-state index in [0.717, 1.165) is 16.8 Å². The normalized spacial score (nSPS) is 9.42. The number of nitrogens with one attached hydrogen (secondary N) is 1. The first-order chi connectivity index (χ1) is 9.22. The molecule has 19 heavy (non-hydrogen) atoms. The average Bonchev–Trinajstić information content (AvgIpc) is 2.46. The quantitative estimate of drug-likeness (QED) is 0.904. The smallest absolute Gasteiger partial charge is 0.0994 e. The van der Waals surface area contributed by atoms with Crippen LogP contribution in [0.5, 0.6) is 0 Å². The van der Waals surface area contributed by atoms with Gasteiger partial charge in [0.15, 0.2) is 0 Å². The Hall–Kier alpha value is -2.78. The first kappa shape index (κ1) is 12.7. The van der Waals surface area contributed by atoms with Gasteiger partial charge < -0.3 is 5.32 Å². The van der Waals surface area contributed by atoms with Gasteiger partial charge in [-0.05, 0) is 48.4 Å². The Morgan fingerprint density at radius 2 is 1.74 bits per heavy atom. The molecule has 3 heteroatoms. The van der Waals surface area contributed by atoms with Crippen LogP contribution in [0.2, 0.25) is 0 Å². The summed E-state index contributed by atoms with van der Waals surface area (Å²) in [5, 5.41) is 20.9. The maximum absolute atomic E-state index is 8.87. The summed E-state index contributed by atoms with van der Waals surface area (Å²) in [5.74, 6) is 0. The summed E-state index contributed by atoms with van der Waals surface area (Å²) in [6, 6.07) is 17.4. The predicted octanol–water partition coefficient (Wildman–Crippen LogP) is 3.35. The number of nitrogens with zero attached hydrogens (tertiary/aromatic N) is 2. The molecule has 2 aromatic carbocycles. The van der Waals surface area contributed by atoms with Crippen LogP contribution in [0, 0.1) is 29.6 Å². The van der Waals surface area contributed by atoms with Gasteiger partial charge in [0.2, 0.25) is 0 Å². The van der Waals surface area contributed by atoms with Gasteiger partial charge in [0.25, 0.3) is 0 Å². The van der Waals surface area contributed by atoms with E-state index >= 15 is 0 Å². The van der Waals surface area contributed by atoms with E-state index in [2.05, 4.69) is 17.5 Å². The van der Waals surface area contributed by atoms with Crippen molar-refractivity contribution in [3.8, 4) is 12.1 Å². The predicted molar refractivity (Wildman–Crippen MR) is 74.4 cm³/mol. The summed E-state index contributed by atoms with van der Waals surface area (Å²) in [5.41, 5.74) is 4.43. The van der Waals surface area contributed by atoms with Gasteiger partial charge in [0.1, 0.15) is 0 Å². The van der Waals surface area contributed by atoms with E-state index in [9.17, 15) is 0 Å². The summed E-state index contributed by atoms with van der Waals surface area (Å²) in [6.07, 6.45) is 0. The van der Waals surface area contributed by atoms with E-state index in [0.29, 0.717) is 17.7 Å². The number of nitriles is 2. The lowest BCUT2D eigenvalue weighted by molar-refractivity contribution is 1.14. The second-order valence-corrected chi connectivity index (χ2v) is 4.30. The third-order valence-electron chi connectivity index (χ3n) is 2.93. The van der Waals surface area contributed by atoms with Crippen LogP contribution in [0.25, 0.3) is 0 Å². The molecule has 1 N–H and O–H groups in total. The molecular formula is C16H13N3. The number of hydrogen-bond donors (Lipinski definition) is 1. The molecule has 0 bridgehead atoms. The fourth-order valence-electron chi connectivity index (χ4n) is 1.80. The van der Waals surface area contributed by atoms with Gasteiger partial charge in [-0.1, -0.05) is 12.1 Å². The Bertz CT molecular complexity index is 658. The Morgan fingerprint density at radius 1 is 1.00 bits per heavy atom. The van der Waals surface area contributed by atoms with E-state index in [4.69, 9.17) is 10.5 Å². The minimum Gasteiger partial charge on any atom is -0.381 e. The number of anilines is 1. The zero-order chi connectivity index (χ0) is 13.7. The molecule has 0 unspecified atom stereocenters. The van der Waals surface area contributed by atoms with Crippen molar-refractivity contribution in [3.63, 3.8) is 0 Å². The maximum Gasteiger partial charge on any atom is 0.0994 e. The lowest BCUT2D eigenvalue weighted by Crippen LogP contribution is -2.00. The highest BCUT2D eigenvalue weighted by Crippen LogP contribution is 2.15. The number of rotatable bonds is 3. The molecule has 0 atom stereocenters. The second-order valence-electron chi connectivity index (χ2n) is 4.30.